The lowest BCUT2D eigenvalue weighted by atomic mass is 10.1. The molecule has 0 aliphatic rings. The Morgan fingerprint density at radius 1 is 1.29 bits per heavy atom. The minimum Gasteiger partial charge on any atom is -0.480 e. The summed E-state index contributed by atoms with van der Waals surface area (Å²) < 4.78 is 0. The lowest BCUT2D eigenvalue weighted by molar-refractivity contribution is -0.137. The Labute approximate surface area is 105 Å². The fourth-order valence-electron chi connectivity index (χ4n) is 1.08. The summed E-state index contributed by atoms with van der Waals surface area (Å²) >= 11 is 1.21. The van der Waals surface area contributed by atoms with Gasteiger partial charge in [-0.15, -0.1) is 11.8 Å². The molecule has 3 amide bonds. The third kappa shape index (κ3) is 6.83. The first-order chi connectivity index (χ1) is 7.88. The van der Waals surface area contributed by atoms with E-state index in [1.807, 2.05) is 13.8 Å². The van der Waals surface area contributed by atoms with Gasteiger partial charge in [0.1, 0.15) is 5.25 Å². The van der Waals surface area contributed by atoms with Crippen LogP contribution in [0, 0.1) is 5.92 Å². The third-order valence-corrected chi connectivity index (χ3v) is 3.50. The number of nitrogens with one attached hydrogen (secondary N) is 2. The van der Waals surface area contributed by atoms with E-state index in [0.29, 0.717) is 5.75 Å². The SMILES string of the molecule is CNC(=O)NC(=O)CCSC(C(=O)O)C(C)C. The molecule has 0 saturated carbocycles. The van der Waals surface area contributed by atoms with Crippen LogP contribution in [0.3, 0.4) is 0 Å². The number of hydrogen-bond acceptors (Lipinski definition) is 4. The number of amides is 3. The number of thioether (sulfide) groups is 1. The molecular formula is C10H18N2O4S. The van der Waals surface area contributed by atoms with Gasteiger partial charge < -0.3 is 10.4 Å². The second kappa shape index (κ2) is 7.94. The first-order valence-electron chi connectivity index (χ1n) is 5.24. The fourth-order valence-corrected chi connectivity index (χ4v) is 2.16. The van der Waals surface area contributed by atoms with Crippen LogP contribution < -0.4 is 10.6 Å². The van der Waals surface area contributed by atoms with Crippen molar-refractivity contribution in [1.29, 1.82) is 0 Å². The summed E-state index contributed by atoms with van der Waals surface area (Å²) in [6.45, 7) is 3.63. The number of carbonyl (C=O) groups is 3. The van der Waals surface area contributed by atoms with Crippen molar-refractivity contribution in [1.82, 2.24) is 10.6 Å². The lowest BCUT2D eigenvalue weighted by Gasteiger charge is -2.15. The quantitative estimate of drug-likeness (QED) is 0.654. The first kappa shape index (κ1) is 15.8. The van der Waals surface area contributed by atoms with Crippen molar-refractivity contribution in [3.8, 4) is 0 Å². The zero-order valence-electron chi connectivity index (χ0n) is 10.1. The van der Waals surface area contributed by atoms with Crippen LogP contribution in [0.2, 0.25) is 0 Å². The summed E-state index contributed by atoms with van der Waals surface area (Å²) in [4.78, 5) is 32.8. The van der Waals surface area contributed by atoms with Gasteiger partial charge in [-0.05, 0) is 5.92 Å². The van der Waals surface area contributed by atoms with E-state index in [-0.39, 0.29) is 12.3 Å². The van der Waals surface area contributed by atoms with Gasteiger partial charge in [0.15, 0.2) is 0 Å². The van der Waals surface area contributed by atoms with Gasteiger partial charge in [0.25, 0.3) is 0 Å². The fraction of sp³-hybridized carbons (Fsp3) is 0.700. The molecule has 3 N–H and O–H groups in total. The molecule has 0 aromatic heterocycles. The van der Waals surface area contributed by atoms with Gasteiger partial charge in [-0.1, -0.05) is 13.8 Å². The third-order valence-electron chi connectivity index (χ3n) is 1.96. The van der Waals surface area contributed by atoms with Crippen LogP contribution in [0.15, 0.2) is 0 Å². The maximum Gasteiger partial charge on any atom is 0.321 e. The van der Waals surface area contributed by atoms with Crippen molar-refractivity contribution in [3.63, 3.8) is 0 Å². The monoisotopic (exact) mass is 262 g/mol. The maximum atomic E-state index is 11.2. The Bertz CT molecular complexity index is 294. The average Bonchev–Trinajstić information content (AvgIpc) is 2.22. The van der Waals surface area contributed by atoms with Crippen LogP contribution in [0.25, 0.3) is 0 Å². The van der Waals surface area contributed by atoms with Gasteiger partial charge in [0, 0.05) is 19.2 Å². The Balaban J connectivity index is 3.93. The number of urea groups is 1. The zero-order chi connectivity index (χ0) is 13.4. The average molecular weight is 262 g/mol. The highest BCUT2D eigenvalue weighted by Gasteiger charge is 2.21. The van der Waals surface area contributed by atoms with E-state index in [4.69, 9.17) is 5.11 Å². The van der Waals surface area contributed by atoms with Gasteiger partial charge in [-0.25, -0.2) is 4.79 Å². The van der Waals surface area contributed by atoms with Crippen LogP contribution >= 0.6 is 11.8 Å². The smallest absolute Gasteiger partial charge is 0.321 e. The molecule has 0 aromatic rings. The molecule has 6 nitrogen and oxygen atoms in total. The van der Waals surface area contributed by atoms with Crippen molar-refractivity contribution in [3.05, 3.63) is 0 Å². The molecule has 0 spiro atoms. The summed E-state index contributed by atoms with van der Waals surface area (Å²) in [5, 5.41) is 12.8. The summed E-state index contributed by atoms with van der Waals surface area (Å²) in [5.41, 5.74) is 0. The lowest BCUT2D eigenvalue weighted by Crippen LogP contribution is -2.37. The Hall–Kier alpha value is -1.24. The molecule has 1 atom stereocenters. The number of hydrogen-bond donors (Lipinski definition) is 3. The largest absolute Gasteiger partial charge is 0.480 e. The molecule has 0 heterocycles. The molecule has 0 radical (unpaired) electrons. The van der Waals surface area contributed by atoms with E-state index < -0.39 is 23.2 Å². The normalized spacial score (nSPS) is 12.0. The van der Waals surface area contributed by atoms with E-state index in [9.17, 15) is 14.4 Å². The molecule has 0 fully saturated rings. The minimum atomic E-state index is -0.878. The van der Waals surface area contributed by atoms with E-state index in [1.165, 1.54) is 18.8 Å². The first-order valence-corrected chi connectivity index (χ1v) is 6.29. The highest BCUT2D eigenvalue weighted by Crippen LogP contribution is 2.20. The standard InChI is InChI=1S/C10H18N2O4S/c1-6(2)8(9(14)15)17-5-4-7(13)12-10(16)11-3/h6,8H,4-5H2,1-3H3,(H,14,15)(H2,11,12,13,16). The highest BCUT2D eigenvalue weighted by atomic mass is 32.2. The van der Waals surface area contributed by atoms with E-state index in [0.717, 1.165) is 0 Å². The summed E-state index contributed by atoms with van der Waals surface area (Å²) in [5.74, 6) is -0.918. The van der Waals surface area contributed by atoms with Crippen molar-refractivity contribution in [2.24, 2.45) is 5.92 Å². The number of carboxylic acid groups (broad SMARTS) is 1. The second-order valence-electron chi connectivity index (χ2n) is 3.75. The van der Waals surface area contributed by atoms with Crippen LogP contribution in [0.4, 0.5) is 4.79 Å². The number of aliphatic carboxylic acids is 1. The molecule has 17 heavy (non-hydrogen) atoms. The topological polar surface area (TPSA) is 95.5 Å². The number of carbonyl (C=O) groups excluding carboxylic acids is 2. The predicted molar refractivity (Wildman–Crippen MR) is 65.9 cm³/mol. The van der Waals surface area contributed by atoms with E-state index in [2.05, 4.69) is 10.6 Å². The maximum absolute atomic E-state index is 11.2. The number of carboxylic acids is 1. The summed E-state index contributed by atoms with van der Waals surface area (Å²) in [6, 6.07) is -0.557. The number of rotatable bonds is 6. The highest BCUT2D eigenvalue weighted by molar-refractivity contribution is 8.00. The second-order valence-corrected chi connectivity index (χ2v) is 5.00. The van der Waals surface area contributed by atoms with Gasteiger partial charge in [-0.2, -0.15) is 0 Å². The van der Waals surface area contributed by atoms with Crippen molar-refractivity contribution in [2.75, 3.05) is 12.8 Å². The molecule has 1 unspecified atom stereocenters. The summed E-state index contributed by atoms with van der Waals surface area (Å²) in [6.07, 6.45) is 0.120. The molecule has 0 saturated heterocycles. The van der Waals surface area contributed by atoms with Gasteiger partial charge >= 0.3 is 12.0 Å². The number of imide groups is 1. The van der Waals surface area contributed by atoms with Crippen LogP contribution in [0.1, 0.15) is 20.3 Å². The van der Waals surface area contributed by atoms with E-state index >= 15 is 0 Å². The molecule has 98 valence electrons. The molecular weight excluding hydrogens is 244 g/mol. The van der Waals surface area contributed by atoms with E-state index in [1.54, 1.807) is 0 Å². The molecule has 7 heteroatoms. The molecule has 0 aliphatic heterocycles. The Kier molecular flexibility index (Phi) is 7.36. The van der Waals surface area contributed by atoms with Crippen LogP contribution in [0.5, 0.6) is 0 Å². The zero-order valence-corrected chi connectivity index (χ0v) is 11.0. The van der Waals surface area contributed by atoms with Crippen molar-refractivity contribution >= 4 is 29.7 Å². The summed E-state index contributed by atoms with van der Waals surface area (Å²) in [7, 11) is 1.41. The van der Waals surface area contributed by atoms with Crippen LogP contribution in [-0.4, -0.2) is 41.1 Å². The molecule has 0 rings (SSSR count). The Morgan fingerprint density at radius 2 is 1.88 bits per heavy atom. The van der Waals surface area contributed by atoms with Crippen molar-refractivity contribution < 1.29 is 19.5 Å². The predicted octanol–water partition coefficient (Wildman–Crippen LogP) is 0.674. The van der Waals surface area contributed by atoms with Crippen molar-refractivity contribution in [2.45, 2.75) is 25.5 Å². The molecule has 0 aliphatic carbocycles. The van der Waals surface area contributed by atoms with Gasteiger partial charge in [0.2, 0.25) is 5.91 Å². The minimum absolute atomic E-state index is 0.000461. The molecule has 0 bridgehead atoms. The van der Waals surface area contributed by atoms with Gasteiger partial charge in [-0.3, -0.25) is 14.9 Å². The van der Waals surface area contributed by atoms with Gasteiger partial charge in [0.05, 0.1) is 0 Å². The molecule has 0 aromatic carbocycles. The Morgan fingerprint density at radius 3 is 2.29 bits per heavy atom. The van der Waals surface area contributed by atoms with Crippen LogP contribution in [-0.2, 0) is 9.59 Å².